The molecule has 0 saturated carbocycles. The topological polar surface area (TPSA) is 128 Å². The van der Waals surface area contributed by atoms with Gasteiger partial charge in [-0.2, -0.15) is 0 Å². The van der Waals surface area contributed by atoms with Gasteiger partial charge in [0, 0.05) is 42.2 Å². The third-order valence-corrected chi connectivity index (χ3v) is 5.76. The summed E-state index contributed by atoms with van der Waals surface area (Å²) in [7, 11) is 0. The third kappa shape index (κ3) is 4.27. The minimum atomic E-state index is 0.0412. The number of carbonyl (C=O) groups excluding carboxylic acids is 1. The lowest BCUT2D eigenvalue weighted by Crippen LogP contribution is -2.05. The molecule has 36 heavy (non-hydrogen) atoms. The molecule has 6 rings (SSSR count). The molecule has 1 N–H and O–H groups in total. The van der Waals surface area contributed by atoms with E-state index in [0.717, 1.165) is 27.9 Å². The molecular formula is C26H20N8O2. The van der Waals surface area contributed by atoms with Gasteiger partial charge in [-0.3, -0.25) is 14.3 Å². The molecule has 5 aromatic heterocycles. The van der Waals surface area contributed by atoms with Crippen molar-refractivity contribution in [3.05, 3.63) is 90.7 Å². The van der Waals surface area contributed by atoms with Crippen LogP contribution in [0.2, 0.25) is 0 Å². The number of aryl methyl sites for hydroxylation is 1. The van der Waals surface area contributed by atoms with Gasteiger partial charge >= 0.3 is 0 Å². The number of imidazole rings is 2. The van der Waals surface area contributed by atoms with Crippen molar-refractivity contribution in [2.45, 2.75) is 19.8 Å². The van der Waals surface area contributed by atoms with Crippen molar-refractivity contribution >= 4 is 16.9 Å². The number of aromatic amines is 1. The number of carbonyl (C=O) groups is 1. The van der Waals surface area contributed by atoms with E-state index in [9.17, 15) is 4.79 Å². The number of hydrogen-bond acceptors (Lipinski definition) is 8. The van der Waals surface area contributed by atoms with Gasteiger partial charge in [0.1, 0.15) is 41.2 Å². The Hall–Kier alpha value is -4.99. The Morgan fingerprint density at radius 1 is 1.00 bits per heavy atom. The Bertz CT molecular complexity index is 1670. The molecule has 10 heteroatoms. The fraction of sp³-hybridized carbons (Fsp3) is 0.115. The van der Waals surface area contributed by atoms with E-state index in [1.165, 1.54) is 6.33 Å². The number of nitrogens with one attached hydrogen (secondary N) is 1. The van der Waals surface area contributed by atoms with Crippen molar-refractivity contribution in [2.75, 3.05) is 0 Å². The van der Waals surface area contributed by atoms with Crippen molar-refractivity contribution in [3.63, 3.8) is 0 Å². The van der Waals surface area contributed by atoms with Gasteiger partial charge in [-0.1, -0.05) is 29.4 Å². The zero-order valence-corrected chi connectivity index (χ0v) is 19.3. The van der Waals surface area contributed by atoms with Crippen LogP contribution in [0.5, 0.6) is 0 Å². The van der Waals surface area contributed by atoms with Crippen LogP contribution in [-0.4, -0.2) is 45.4 Å². The molecule has 10 nitrogen and oxygen atoms in total. The molecular weight excluding hydrogens is 456 g/mol. The summed E-state index contributed by atoms with van der Waals surface area (Å²) in [6.07, 6.45) is 8.95. The second-order valence-corrected chi connectivity index (χ2v) is 8.41. The Kier molecular flexibility index (Phi) is 5.38. The highest BCUT2D eigenvalue weighted by molar-refractivity contribution is 5.84. The molecule has 0 radical (unpaired) electrons. The highest BCUT2D eigenvalue weighted by Gasteiger charge is 2.14. The van der Waals surface area contributed by atoms with Crippen LogP contribution >= 0.6 is 0 Å². The van der Waals surface area contributed by atoms with E-state index < -0.39 is 0 Å². The van der Waals surface area contributed by atoms with E-state index in [-0.39, 0.29) is 12.2 Å². The first kappa shape index (κ1) is 21.5. The molecule has 6 aromatic rings. The first-order chi connectivity index (χ1) is 17.6. The average molecular weight is 477 g/mol. The number of pyridine rings is 1. The maximum Gasteiger partial charge on any atom is 0.183 e. The molecule has 0 saturated heterocycles. The van der Waals surface area contributed by atoms with Crippen molar-refractivity contribution < 1.29 is 9.32 Å². The van der Waals surface area contributed by atoms with Gasteiger partial charge in [-0.15, -0.1) is 0 Å². The van der Waals surface area contributed by atoms with E-state index >= 15 is 0 Å². The first-order valence-electron chi connectivity index (χ1n) is 11.3. The summed E-state index contributed by atoms with van der Waals surface area (Å²) in [6, 6.07) is 13.2. The second kappa shape index (κ2) is 8.99. The Labute approximate surface area is 205 Å². The summed E-state index contributed by atoms with van der Waals surface area (Å²) < 4.78 is 7.19. The van der Waals surface area contributed by atoms with Gasteiger partial charge in [0.05, 0.1) is 12.1 Å². The monoisotopic (exact) mass is 476 g/mol. The van der Waals surface area contributed by atoms with Gasteiger partial charge in [-0.05, 0) is 24.6 Å². The van der Waals surface area contributed by atoms with Crippen LogP contribution in [0, 0.1) is 6.92 Å². The quantitative estimate of drug-likeness (QED) is 0.367. The minimum absolute atomic E-state index is 0.0412. The molecule has 0 aliphatic carbocycles. The van der Waals surface area contributed by atoms with Gasteiger partial charge in [0.25, 0.3) is 0 Å². The lowest BCUT2D eigenvalue weighted by atomic mass is 10.0. The first-order valence-corrected chi connectivity index (χ1v) is 11.3. The van der Waals surface area contributed by atoms with Gasteiger partial charge in [0.2, 0.25) is 0 Å². The number of nitrogens with zero attached hydrogens (tertiary/aromatic N) is 7. The van der Waals surface area contributed by atoms with E-state index in [2.05, 4.69) is 35.1 Å². The van der Waals surface area contributed by atoms with Crippen LogP contribution in [0.4, 0.5) is 0 Å². The van der Waals surface area contributed by atoms with Crippen molar-refractivity contribution in [3.8, 4) is 28.5 Å². The average Bonchev–Trinajstić information content (AvgIpc) is 3.64. The summed E-state index contributed by atoms with van der Waals surface area (Å²) in [4.78, 5) is 37.5. The predicted molar refractivity (Wildman–Crippen MR) is 131 cm³/mol. The highest BCUT2D eigenvalue weighted by atomic mass is 16.5. The van der Waals surface area contributed by atoms with Crippen LogP contribution in [0.15, 0.2) is 78.2 Å². The largest absolute Gasteiger partial charge is 0.360 e. The fourth-order valence-electron chi connectivity index (χ4n) is 4.01. The number of ketones is 1. The van der Waals surface area contributed by atoms with Crippen LogP contribution in [-0.2, 0) is 17.6 Å². The van der Waals surface area contributed by atoms with Crippen LogP contribution in [0.25, 0.3) is 39.6 Å². The SMILES string of the molecule is Cc1cn(-c2ncnc3nc(-c4ccc(CC(=O)Cc5cc(-c6ccncc6)no5)cc4)[nH]c23)cn1. The zero-order valence-electron chi connectivity index (χ0n) is 19.3. The summed E-state index contributed by atoms with van der Waals surface area (Å²) in [5.41, 5.74) is 5.56. The van der Waals surface area contributed by atoms with E-state index in [0.29, 0.717) is 35.2 Å². The minimum Gasteiger partial charge on any atom is -0.360 e. The van der Waals surface area contributed by atoms with Crippen molar-refractivity contribution in [1.29, 1.82) is 0 Å². The van der Waals surface area contributed by atoms with E-state index in [1.807, 2.05) is 54.1 Å². The number of H-pyrrole nitrogens is 1. The number of benzene rings is 1. The lowest BCUT2D eigenvalue weighted by Gasteiger charge is -2.02. The normalized spacial score (nSPS) is 11.2. The maximum absolute atomic E-state index is 12.6. The summed E-state index contributed by atoms with van der Waals surface area (Å²) in [5, 5.41) is 4.06. The van der Waals surface area contributed by atoms with Gasteiger partial charge in [0.15, 0.2) is 11.5 Å². The highest BCUT2D eigenvalue weighted by Crippen LogP contribution is 2.23. The Balaban J connectivity index is 1.16. The number of fused-ring (bicyclic) bond motifs is 1. The van der Waals surface area contributed by atoms with E-state index in [4.69, 9.17) is 4.52 Å². The molecule has 0 fully saturated rings. The molecule has 0 aliphatic heterocycles. The zero-order chi connectivity index (χ0) is 24.5. The predicted octanol–water partition coefficient (Wildman–Crippen LogP) is 3.92. The standard InChI is InChI=1S/C26H20N8O2/c1-16-13-34(15-30-16)26-23-25(28-14-29-26)32-24(31-23)19-4-2-17(3-5-19)10-20(35)11-21-12-22(33-36-21)18-6-8-27-9-7-18/h2-9,12-15H,10-11H2,1H3,(H,28,29,31,32). The van der Waals surface area contributed by atoms with Crippen molar-refractivity contribution in [2.24, 2.45) is 0 Å². The fourth-order valence-corrected chi connectivity index (χ4v) is 4.01. The lowest BCUT2D eigenvalue weighted by molar-refractivity contribution is -0.118. The summed E-state index contributed by atoms with van der Waals surface area (Å²) in [6.45, 7) is 1.92. The Morgan fingerprint density at radius 2 is 1.83 bits per heavy atom. The summed E-state index contributed by atoms with van der Waals surface area (Å²) >= 11 is 0. The molecule has 0 bridgehead atoms. The molecule has 0 aliphatic rings. The Morgan fingerprint density at radius 3 is 2.61 bits per heavy atom. The number of Topliss-reactive ketones (excluding diaryl/α,β-unsaturated/α-hetero) is 1. The van der Waals surface area contributed by atoms with Crippen LogP contribution in [0.3, 0.4) is 0 Å². The molecule has 0 amide bonds. The molecule has 0 spiro atoms. The number of rotatable bonds is 7. The van der Waals surface area contributed by atoms with Gasteiger partial charge in [-0.25, -0.2) is 19.9 Å². The summed E-state index contributed by atoms with van der Waals surface area (Å²) in [5.74, 6) is 1.93. The molecule has 176 valence electrons. The van der Waals surface area contributed by atoms with Crippen LogP contribution in [0.1, 0.15) is 17.0 Å². The number of hydrogen-bond donors (Lipinski definition) is 1. The molecule has 1 aromatic carbocycles. The van der Waals surface area contributed by atoms with Crippen molar-refractivity contribution in [1.82, 2.24) is 39.6 Å². The molecule has 0 unspecified atom stereocenters. The number of aromatic nitrogens is 8. The van der Waals surface area contributed by atoms with E-state index in [1.54, 1.807) is 24.8 Å². The third-order valence-electron chi connectivity index (χ3n) is 5.76. The second-order valence-electron chi connectivity index (χ2n) is 8.41. The van der Waals surface area contributed by atoms with Gasteiger partial charge < -0.3 is 9.51 Å². The van der Waals surface area contributed by atoms with Crippen LogP contribution < -0.4 is 0 Å². The molecule has 5 heterocycles. The molecule has 0 atom stereocenters. The maximum atomic E-state index is 12.6. The smallest absolute Gasteiger partial charge is 0.183 e.